The average Bonchev–Trinajstić information content (AvgIpc) is 3.16. The fourth-order valence-electron chi connectivity index (χ4n) is 11.7. The summed E-state index contributed by atoms with van der Waals surface area (Å²) >= 11 is 0. The van der Waals surface area contributed by atoms with E-state index in [9.17, 15) is 15.0 Å². The number of hydrogen-bond acceptors (Lipinski definition) is 2. The third-order valence-electron chi connectivity index (χ3n) is 13.7. The lowest BCUT2D eigenvalue weighted by Crippen LogP contribution is -2.66. The normalized spacial score (nSPS) is 52.8. The number of aliphatic hydroxyl groups is 1. The maximum absolute atomic E-state index is 11.5. The molecular formula is C32H50O3. The number of carbonyl (C=O) groups is 1. The minimum Gasteiger partial charge on any atom is -0.478 e. The second kappa shape index (κ2) is 7.95. The zero-order chi connectivity index (χ0) is 25.6. The zero-order valence-electron chi connectivity index (χ0n) is 23.2. The van der Waals surface area contributed by atoms with Gasteiger partial charge >= 0.3 is 5.97 Å². The number of aliphatic carboxylic acids is 1. The van der Waals surface area contributed by atoms with Crippen molar-refractivity contribution >= 4 is 5.97 Å². The van der Waals surface area contributed by atoms with E-state index < -0.39 is 5.97 Å². The van der Waals surface area contributed by atoms with E-state index in [2.05, 4.69) is 54.2 Å². The van der Waals surface area contributed by atoms with Gasteiger partial charge in [0, 0.05) is 6.08 Å². The number of aliphatic hydroxyl groups excluding tert-OH is 1. The molecule has 10 atom stereocenters. The molecule has 0 saturated heterocycles. The maximum atomic E-state index is 11.5. The molecule has 0 heterocycles. The predicted octanol–water partition coefficient (Wildman–Crippen LogP) is 7.65. The fraction of sp³-hybridized carbons (Fsp3) is 0.844. The summed E-state index contributed by atoms with van der Waals surface area (Å²) in [5.41, 5.74) is 2.18. The lowest BCUT2D eigenvalue weighted by Gasteiger charge is -2.73. The number of rotatable bonds is 3. The molecule has 3 heteroatoms. The van der Waals surface area contributed by atoms with Crippen LogP contribution < -0.4 is 0 Å². The highest BCUT2D eigenvalue weighted by Crippen LogP contribution is 2.77. The van der Waals surface area contributed by atoms with Crippen molar-refractivity contribution < 1.29 is 15.0 Å². The Kier molecular flexibility index (Phi) is 5.81. The van der Waals surface area contributed by atoms with Crippen molar-refractivity contribution in [1.82, 2.24) is 0 Å². The number of hydrogen-bond donors (Lipinski definition) is 2. The Morgan fingerprint density at radius 3 is 2.23 bits per heavy atom. The summed E-state index contributed by atoms with van der Waals surface area (Å²) in [6.45, 7) is 19.2. The highest BCUT2D eigenvalue weighted by atomic mass is 16.4. The first-order chi connectivity index (χ1) is 16.2. The lowest BCUT2D eigenvalue weighted by molar-refractivity contribution is -0.244. The molecule has 4 unspecified atom stereocenters. The quantitative estimate of drug-likeness (QED) is 0.321. The number of carboxylic acid groups (broad SMARTS) is 1. The van der Waals surface area contributed by atoms with E-state index in [1.165, 1.54) is 43.8 Å². The van der Waals surface area contributed by atoms with Crippen LogP contribution >= 0.6 is 0 Å². The van der Waals surface area contributed by atoms with Crippen LogP contribution in [0.15, 0.2) is 24.3 Å². The minimum absolute atomic E-state index is 0.00801. The fourth-order valence-corrected chi connectivity index (χ4v) is 11.7. The molecule has 0 aromatic heterocycles. The first kappa shape index (κ1) is 25.6. The summed E-state index contributed by atoms with van der Waals surface area (Å²) in [7, 11) is 0. The van der Waals surface area contributed by atoms with Crippen LogP contribution in [0.3, 0.4) is 0 Å². The Balaban J connectivity index is 1.55. The number of carboxylic acids is 1. The molecule has 2 N–H and O–H groups in total. The molecule has 5 aliphatic carbocycles. The Bertz CT molecular complexity index is 933. The summed E-state index contributed by atoms with van der Waals surface area (Å²) in [6.07, 6.45) is 15.1. The van der Waals surface area contributed by atoms with Crippen LogP contribution in [0.5, 0.6) is 0 Å². The summed E-state index contributed by atoms with van der Waals surface area (Å²) in [6, 6.07) is 0. The van der Waals surface area contributed by atoms with Crippen LogP contribution in [0.2, 0.25) is 0 Å². The van der Waals surface area contributed by atoms with Crippen LogP contribution in [0.1, 0.15) is 106 Å². The average molecular weight is 483 g/mol. The van der Waals surface area contributed by atoms with Gasteiger partial charge in [-0.2, -0.15) is 0 Å². The predicted molar refractivity (Wildman–Crippen MR) is 142 cm³/mol. The standard InChI is InChI=1S/C32H50O3/c1-20(2)21-10-16-32(17-13-26(34)35)19-18-30(6)22(27(21)32)8-9-24-29(5)14-12-25(33)28(3,4)23(29)11-15-31(24,30)7/h13,17,21-25,27,33H,1,8-12,14-16,18-19H2,2-7H3,(H,34,35)/t21-,22?,23?,24?,25-,27?,29-,30+,31+,32-/m0/s1. The van der Waals surface area contributed by atoms with Gasteiger partial charge in [-0.15, -0.1) is 0 Å². The summed E-state index contributed by atoms with van der Waals surface area (Å²) < 4.78 is 0. The van der Waals surface area contributed by atoms with Gasteiger partial charge in [0.1, 0.15) is 0 Å². The van der Waals surface area contributed by atoms with Crippen molar-refractivity contribution in [2.24, 2.45) is 56.7 Å². The third-order valence-corrected chi connectivity index (χ3v) is 13.7. The molecule has 0 amide bonds. The monoisotopic (exact) mass is 482 g/mol. The third kappa shape index (κ3) is 3.28. The van der Waals surface area contributed by atoms with Crippen molar-refractivity contribution in [2.75, 3.05) is 0 Å². The molecule has 5 fully saturated rings. The number of allylic oxidation sites excluding steroid dienone is 2. The topological polar surface area (TPSA) is 57.5 Å². The maximum Gasteiger partial charge on any atom is 0.327 e. The van der Waals surface area contributed by atoms with Gasteiger partial charge in [-0.25, -0.2) is 4.79 Å². The molecule has 196 valence electrons. The smallest absolute Gasteiger partial charge is 0.327 e. The van der Waals surface area contributed by atoms with Gasteiger partial charge in [-0.3, -0.25) is 0 Å². The molecule has 5 rings (SSSR count). The van der Waals surface area contributed by atoms with Crippen LogP contribution in [-0.4, -0.2) is 22.3 Å². The first-order valence-corrected chi connectivity index (χ1v) is 14.5. The van der Waals surface area contributed by atoms with Crippen LogP contribution in [0.4, 0.5) is 0 Å². The molecule has 35 heavy (non-hydrogen) atoms. The minimum atomic E-state index is -0.811. The summed E-state index contributed by atoms with van der Waals surface area (Å²) in [4.78, 5) is 11.5. The van der Waals surface area contributed by atoms with Crippen LogP contribution in [0.25, 0.3) is 0 Å². The Labute approximate surface area is 213 Å². The molecule has 0 radical (unpaired) electrons. The van der Waals surface area contributed by atoms with Gasteiger partial charge < -0.3 is 10.2 Å². The van der Waals surface area contributed by atoms with Gasteiger partial charge in [0.05, 0.1) is 6.10 Å². The van der Waals surface area contributed by atoms with E-state index in [-0.39, 0.29) is 22.3 Å². The zero-order valence-corrected chi connectivity index (χ0v) is 23.2. The molecule has 0 aromatic carbocycles. The molecular weight excluding hydrogens is 432 g/mol. The second-order valence-corrected chi connectivity index (χ2v) is 15.0. The van der Waals surface area contributed by atoms with Crippen LogP contribution in [-0.2, 0) is 4.79 Å². The van der Waals surface area contributed by atoms with Crippen molar-refractivity contribution in [3.05, 3.63) is 24.3 Å². The van der Waals surface area contributed by atoms with Crippen molar-refractivity contribution in [3.63, 3.8) is 0 Å². The Hall–Kier alpha value is -1.09. The largest absolute Gasteiger partial charge is 0.478 e. The SMILES string of the molecule is C=C(C)[C@@H]1CC[C@]2(C=CC(=O)O)CC[C@]3(C)C(CCC4[C@@]5(C)CC[C@H](O)C(C)(C)C5CC[C@]43C)C12. The van der Waals surface area contributed by atoms with E-state index in [0.29, 0.717) is 40.4 Å². The van der Waals surface area contributed by atoms with Gasteiger partial charge in [-0.1, -0.05) is 52.8 Å². The summed E-state index contributed by atoms with van der Waals surface area (Å²) in [5.74, 6) is 2.13. The van der Waals surface area contributed by atoms with E-state index in [4.69, 9.17) is 0 Å². The van der Waals surface area contributed by atoms with E-state index in [0.717, 1.165) is 32.1 Å². The Morgan fingerprint density at radius 1 is 0.857 bits per heavy atom. The van der Waals surface area contributed by atoms with Crippen molar-refractivity contribution in [1.29, 1.82) is 0 Å². The Morgan fingerprint density at radius 2 is 1.57 bits per heavy atom. The van der Waals surface area contributed by atoms with Gasteiger partial charge in [-0.05, 0) is 128 Å². The van der Waals surface area contributed by atoms with E-state index >= 15 is 0 Å². The van der Waals surface area contributed by atoms with Gasteiger partial charge in [0.25, 0.3) is 0 Å². The van der Waals surface area contributed by atoms with Crippen molar-refractivity contribution in [2.45, 2.75) is 112 Å². The van der Waals surface area contributed by atoms with Crippen molar-refractivity contribution in [3.8, 4) is 0 Å². The highest BCUT2D eigenvalue weighted by Gasteiger charge is 2.70. The molecule has 0 aromatic rings. The molecule has 3 nitrogen and oxygen atoms in total. The molecule has 0 bridgehead atoms. The highest BCUT2D eigenvalue weighted by molar-refractivity contribution is 5.79. The lowest BCUT2D eigenvalue weighted by atomic mass is 9.32. The van der Waals surface area contributed by atoms with Gasteiger partial charge in [0.2, 0.25) is 0 Å². The number of fused-ring (bicyclic) bond motifs is 7. The molecule has 0 spiro atoms. The molecule has 5 saturated carbocycles. The van der Waals surface area contributed by atoms with E-state index in [1.54, 1.807) is 0 Å². The first-order valence-electron chi connectivity index (χ1n) is 14.5. The van der Waals surface area contributed by atoms with Crippen LogP contribution in [0, 0.1) is 56.7 Å². The second-order valence-electron chi connectivity index (χ2n) is 15.0. The summed E-state index contributed by atoms with van der Waals surface area (Å²) in [5, 5.41) is 20.4. The van der Waals surface area contributed by atoms with Gasteiger partial charge in [0.15, 0.2) is 0 Å². The molecule has 5 aliphatic rings. The van der Waals surface area contributed by atoms with E-state index in [1.807, 2.05) is 0 Å². The molecule has 0 aliphatic heterocycles.